The Labute approximate surface area is 96.8 Å². The van der Waals surface area contributed by atoms with Gasteiger partial charge in [-0.2, -0.15) is 0 Å². The van der Waals surface area contributed by atoms with Gasteiger partial charge in [-0.25, -0.2) is 0 Å². The molecule has 1 fully saturated rings. The van der Waals surface area contributed by atoms with Gasteiger partial charge in [0.1, 0.15) is 5.75 Å². The van der Waals surface area contributed by atoms with Crippen LogP contribution in [0.3, 0.4) is 0 Å². The van der Waals surface area contributed by atoms with Gasteiger partial charge in [0.2, 0.25) is 0 Å². The Bertz CT molecular complexity index is 323. The molecule has 1 aliphatic rings. The molecule has 1 heterocycles. The molecule has 0 radical (unpaired) electrons. The Kier molecular flexibility index (Phi) is 3.80. The monoisotopic (exact) mass is 221 g/mol. The second-order valence-corrected chi connectivity index (χ2v) is 4.20. The van der Waals surface area contributed by atoms with Crippen molar-refractivity contribution in [1.29, 1.82) is 0 Å². The van der Waals surface area contributed by atoms with E-state index in [1.807, 2.05) is 12.1 Å². The zero-order valence-electron chi connectivity index (χ0n) is 9.90. The van der Waals surface area contributed by atoms with Crippen LogP contribution >= 0.6 is 0 Å². The van der Waals surface area contributed by atoms with Crippen molar-refractivity contribution >= 4 is 0 Å². The van der Waals surface area contributed by atoms with E-state index in [4.69, 9.17) is 9.47 Å². The minimum absolute atomic E-state index is 0.332. The predicted octanol–water partition coefficient (Wildman–Crippen LogP) is 1.96. The van der Waals surface area contributed by atoms with Crippen LogP contribution in [0.1, 0.15) is 18.9 Å². The van der Waals surface area contributed by atoms with E-state index in [1.165, 1.54) is 5.56 Å². The molecule has 2 atom stereocenters. The van der Waals surface area contributed by atoms with Gasteiger partial charge in [-0.3, -0.25) is 0 Å². The molecule has 0 bridgehead atoms. The maximum absolute atomic E-state index is 5.51. The predicted molar refractivity (Wildman–Crippen MR) is 63.7 cm³/mol. The van der Waals surface area contributed by atoms with Gasteiger partial charge >= 0.3 is 0 Å². The standard InChI is InChI=1S/C13H19NO2/c1-10-13(7-8-16-10)14-9-11-3-5-12(15-2)6-4-11/h3-6,10,13-14H,7-9H2,1-2H3. The maximum atomic E-state index is 5.51. The van der Waals surface area contributed by atoms with Gasteiger partial charge in [-0.1, -0.05) is 12.1 Å². The minimum Gasteiger partial charge on any atom is -0.497 e. The summed E-state index contributed by atoms with van der Waals surface area (Å²) in [6, 6.07) is 8.65. The second-order valence-electron chi connectivity index (χ2n) is 4.20. The van der Waals surface area contributed by atoms with Crippen LogP contribution in [0.25, 0.3) is 0 Å². The lowest BCUT2D eigenvalue weighted by Crippen LogP contribution is -2.34. The zero-order chi connectivity index (χ0) is 11.4. The van der Waals surface area contributed by atoms with Crippen LogP contribution < -0.4 is 10.1 Å². The summed E-state index contributed by atoms with van der Waals surface area (Å²) in [6.07, 6.45) is 1.44. The highest BCUT2D eigenvalue weighted by molar-refractivity contribution is 5.27. The highest BCUT2D eigenvalue weighted by atomic mass is 16.5. The molecule has 0 spiro atoms. The van der Waals surface area contributed by atoms with Crippen LogP contribution in [0.5, 0.6) is 5.75 Å². The molecule has 0 amide bonds. The maximum Gasteiger partial charge on any atom is 0.118 e. The lowest BCUT2D eigenvalue weighted by molar-refractivity contribution is 0.113. The number of nitrogens with one attached hydrogen (secondary N) is 1. The molecule has 16 heavy (non-hydrogen) atoms. The molecule has 3 nitrogen and oxygen atoms in total. The van der Waals surface area contributed by atoms with Gasteiger partial charge in [0.15, 0.2) is 0 Å². The summed E-state index contributed by atoms with van der Waals surface area (Å²) < 4.78 is 10.6. The van der Waals surface area contributed by atoms with Gasteiger partial charge in [0.25, 0.3) is 0 Å². The van der Waals surface area contributed by atoms with E-state index in [0.29, 0.717) is 12.1 Å². The van der Waals surface area contributed by atoms with E-state index in [9.17, 15) is 0 Å². The summed E-state index contributed by atoms with van der Waals surface area (Å²) >= 11 is 0. The van der Waals surface area contributed by atoms with E-state index < -0.39 is 0 Å². The van der Waals surface area contributed by atoms with Crippen molar-refractivity contribution in [1.82, 2.24) is 5.32 Å². The second kappa shape index (κ2) is 5.32. The average molecular weight is 221 g/mol. The largest absolute Gasteiger partial charge is 0.497 e. The molecule has 2 rings (SSSR count). The van der Waals surface area contributed by atoms with Crippen molar-refractivity contribution in [3.05, 3.63) is 29.8 Å². The first-order valence-corrected chi connectivity index (χ1v) is 5.77. The molecule has 2 unspecified atom stereocenters. The fraction of sp³-hybridized carbons (Fsp3) is 0.538. The highest BCUT2D eigenvalue weighted by Gasteiger charge is 2.23. The molecule has 1 aliphatic heterocycles. The summed E-state index contributed by atoms with van der Waals surface area (Å²) in [5.41, 5.74) is 1.28. The fourth-order valence-corrected chi connectivity index (χ4v) is 1.99. The topological polar surface area (TPSA) is 30.5 Å². The Morgan fingerprint density at radius 3 is 2.69 bits per heavy atom. The molecule has 0 aliphatic carbocycles. The van der Waals surface area contributed by atoms with Crippen LogP contribution in [0, 0.1) is 0 Å². The number of benzene rings is 1. The Hall–Kier alpha value is -1.06. The third-order valence-electron chi connectivity index (χ3n) is 3.10. The molecular formula is C13H19NO2. The average Bonchev–Trinajstić information content (AvgIpc) is 2.73. The lowest BCUT2D eigenvalue weighted by atomic mass is 10.1. The van der Waals surface area contributed by atoms with Gasteiger partial charge in [-0.15, -0.1) is 0 Å². The number of hydrogen-bond donors (Lipinski definition) is 1. The van der Waals surface area contributed by atoms with Crippen LogP contribution in [0.2, 0.25) is 0 Å². The quantitative estimate of drug-likeness (QED) is 0.843. The third kappa shape index (κ3) is 2.74. The summed E-state index contributed by atoms with van der Waals surface area (Å²) in [6.45, 7) is 3.89. The fourth-order valence-electron chi connectivity index (χ4n) is 1.99. The summed E-state index contributed by atoms with van der Waals surface area (Å²) in [5, 5.41) is 3.52. The van der Waals surface area contributed by atoms with E-state index in [0.717, 1.165) is 25.3 Å². The smallest absolute Gasteiger partial charge is 0.118 e. The Balaban J connectivity index is 1.84. The normalized spacial score (nSPS) is 24.6. The van der Waals surface area contributed by atoms with Crippen molar-refractivity contribution in [3.8, 4) is 5.75 Å². The first-order valence-electron chi connectivity index (χ1n) is 5.77. The van der Waals surface area contributed by atoms with Gasteiger partial charge in [-0.05, 0) is 31.0 Å². The lowest BCUT2D eigenvalue weighted by Gasteiger charge is -2.16. The van der Waals surface area contributed by atoms with E-state index in [-0.39, 0.29) is 0 Å². The number of ether oxygens (including phenoxy) is 2. The van der Waals surface area contributed by atoms with Crippen molar-refractivity contribution in [3.63, 3.8) is 0 Å². The van der Waals surface area contributed by atoms with Gasteiger partial charge < -0.3 is 14.8 Å². The first kappa shape index (κ1) is 11.4. The van der Waals surface area contributed by atoms with E-state index in [1.54, 1.807) is 7.11 Å². The molecular weight excluding hydrogens is 202 g/mol. The first-order chi connectivity index (χ1) is 7.79. The Morgan fingerprint density at radius 2 is 2.12 bits per heavy atom. The Morgan fingerprint density at radius 1 is 1.38 bits per heavy atom. The van der Waals surface area contributed by atoms with Crippen LogP contribution in [0.4, 0.5) is 0 Å². The molecule has 88 valence electrons. The van der Waals surface area contributed by atoms with Crippen molar-refractivity contribution in [2.75, 3.05) is 13.7 Å². The number of rotatable bonds is 4. The van der Waals surface area contributed by atoms with Crippen LogP contribution in [-0.2, 0) is 11.3 Å². The van der Waals surface area contributed by atoms with Gasteiger partial charge in [0, 0.05) is 19.2 Å². The number of methoxy groups -OCH3 is 1. The van der Waals surface area contributed by atoms with Crippen molar-refractivity contribution < 1.29 is 9.47 Å². The van der Waals surface area contributed by atoms with Crippen LogP contribution in [-0.4, -0.2) is 25.9 Å². The summed E-state index contributed by atoms with van der Waals surface area (Å²) in [7, 11) is 1.69. The minimum atomic E-state index is 0.332. The van der Waals surface area contributed by atoms with E-state index >= 15 is 0 Å². The van der Waals surface area contributed by atoms with Gasteiger partial charge in [0.05, 0.1) is 13.2 Å². The highest BCUT2D eigenvalue weighted by Crippen LogP contribution is 2.15. The molecule has 1 aromatic rings. The molecule has 0 aromatic heterocycles. The molecule has 1 N–H and O–H groups in total. The van der Waals surface area contributed by atoms with E-state index in [2.05, 4.69) is 24.4 Å². The zero-order valence-corrected chi connectivity index (χ0v) is 9.90. The summed E-state index contributed by atoms with van der Waals surface area (Å²) in [5.74, 6) is 0.904. The SMILES string of the molecule is COc1ccc(CNC2CCOC2C)cc1. The summed E-state index contributed by atoms with van der Waals surface area (Å²) in [4.78, 5) is 0. The molecule has 1 saturated heterocycles. The van der Waals surface area contributed by atoms with Crippen LogP contribution in [0.15, 0.2) is 24.3 Å². The molecule has 0 saturated carbocycles. The third-order valence-corrected chi connectivity index (χ3v) is 3.10. The molecule has 3 heteroatoms. The number of hydrogen-bond acceptors (Lipinski definition) is 3. The van der Waals surface area contributed by atoms with Crippen molar-refractivity contribution in [2.24, 2.45) is 0 Å². The van der Waals surface area contributed by atoms with Crippen molar-refractivity contribution in [2.45, 2.75) is 32.0 Å². The molecule has 1 aromatic carbocycles.